The molecule has 0 atom stereocenters. The van der Waals surface area contributed by atoms with Crippen LogP contribution in [0.5, 0.6) is 0 Å². The second-order valence-corrected chi connectivity index (χ2v) is 20.9. The SMILES string of the molecule is C1#Cc2ccccc2CCc2ccccc21.CCC.CCC.CCC.CCN=[N+]=[N-].Cn1nnc2c1-c1ccccc1CCc1ccccc1-2.Cn1nnc2c1-c1ccccc1CCc1ccccc1-2.[B][I-]I. The minimum absolute atomic E-state index is 0.0600. The first-order valence-electron chi connectivity index (χ1n) is 25.5. The predicted molar refractivity (Wildman–Crippen MR) is 312 cm³/mol. The van der Waals surface area contributed by atoms with E-state index in [2.05, 4.69) is 248 Å². The molecule has 8 aromatic rings. The Balaban J connectivity index is 0.000000206. The average Bonchev–Trinajstić information content (AvgIpc) is 3.97. The van der Waals surface area contributed by atoms with Gasteiger partial charge in [0.05, 0.1) is 11.4 Å². The summed E-state index contributed by atoms with van der Waals surface area (Å²) in [5.74, 6) is 6.54. The molecule has 0 saturated heterocycles. The summed E-state index contributed by atoms with van der Waals surface area (Å²) in [6.45, 7) is 15.1. The number of hydrogen-bond acceptors (Lipinski definition) is 5. The standard InChI is InChI=1S/2C17H15N3.C16H12.3C3H8.C2H5N3.BI2/c2*1-20-17-15-9-5-3-7-13(15)11-10-12-6-2-4-8-14(12)16(17)18-19-20;1-2-6-14-11-12-16-8-4-3-7-15(16)10-9-13(14)5-1;3*1-3-2;1-2-4-5-3;1-3-2/h2*2-9H,10-11H2,1H3;1-8H,9-10H2;3*3H2,1-2H3;2H2,1H3;/q;;;;;;;-1. The van der Waals surface area contributed by atoms with Crippen molar-refractivity contribution >= 4 is 24.3 Å². The van der Waals surface area contributed by atoms with E-state index in [1.54, 1.807) is 6.92 Å². The molecular weight excluding hydrogens is 1120 g/mol. The van der Waals surface area contributed by atoms with E-state index in [0.717, 1.165) is 61.3 Å². The van der Waals surface area contributed by atoms with Crippen molar-refractivity contribution in [2.75, 3.05) is 6.54 Å². The van der Waals surface area contributed by atoms with Crippen LogP contribution in [0.4, 0.5) is 0 Å². The molecule has 9 nitrogen and oxygen atoms in total. The predicted octanol–water partition coefficient (Wildman–Crippen LogP) is 12.8. The van der Waals surface area contributed by atoms with Crippen LogP contribution in [-0.2, 0) is 52.6 Å². The van der Waals surface area contributed by atoms with Crippen LogP contribution in [0.3, 0.4) is 0 Å². The Kier molecular flexibility index (Phi) is 27.5. The van der Waals surface area contributed by atoms with Gasteiger partial charge in [0, 0.05) is 58.9 Å². The number of aromatic nitrogens is 6. The van der Waals surface area contributed by atoms with Crippen LogP contribution in [0.25, 0.3) is 55.5 Å². The first kappa shape index (κ1) is 59.6. The molecule has 0 amide bonds. The summed E-state index contributed by atoms with van der Waals surface area (Å²) in [5, 5.41) is 20.5. The average molecular weight is 1190 g/mol. The van der Waals surface area contributed by atoms with Crippen LogP contribution in [0, 0.1) is 11.8 Å². The number of benzene rings is 6. The van der Waals surface area contributed by atoms with Crippen LogP contribution in [0.15, 0.2) is 151 Å². The normalized spacial score (nSPS) is 11.2. The second kappa shape index (κ2) is 33.7. The number of azide groups is 1. The van der Waals surface area contributed by atoms with E-state index in [0.29, 0.717) is 6.54 Å². The first-order chi connectivity index (χ1) is 35.7. The monoisotopic (exact) mass is 1190 g/mol. The van der Waals surface area contributed by atoms with E-state index in [-0.39, 0.29) is 17.0 Å². The summed E-state index contributed by atoms with van der Waals surface area (Å²) in [6, 6.07) is 51.1. The van der Waals surface area contributed by atoms with Crippen LogP contribution in [0.1, 0.15) is 112 Å². The Hall–Kier alpha value is -6.01. The van der Waals surface area contributed by atoms with Crippen LogP contribution in [0.2, 0.25) is 0 Å². The molecule has 3 aliphatic carbocycles. The van der Waals surface area contributed by atoms with Gasteiger partial charge in [-0.3, -0.25) is 0 Å². The molecule has 2 aromatic heterocycles. The fraction of sp³-hybridized carbons (Fsp3) is 0.311. The Morgan fingerprint density at radius 1 is 0.493 bits per heavy atom. The summed E-state index contributed by atoms with van der Waals surface area (Å²) in [6.07, 6.45) is 10.1. The fourth-order valence-corrected chi connectivity index (χ4v) is 8.28. The summed E-state index contributed by atoms with van der Waals surface area (Å²) < 4.78 is 3.77. The Labute approximate surface area is 457 Å². The molecule has 0 N–H and O–H groups in total. The first-order valence-corrected chi connectivity index (χ1v) is 33.0. The molecule has 12 heteroatoms. The molecule has 3 aliphatic rings. The van der Waals surface area contributed by atoms with Crippen molar-refractivity contribution in [2.45, 2.75) is 106 Å². The third-order valence-electron chi connectivity index (χ3n) is 11.3. The van der Waals surface area contributed by atoms with Gasteiger partial charge < -0.3 is 0 Å². The zero-order valence-corrected chi connectivity index (χ0v) is 48.6. The zero-order chi connectivity index (χ0) is 52.8. The molecule has 6 aromatic carbocycles. The van der Waals surface area contributed by atoms with Gasteiger partial charge >= 0.3 is 41.3 Å². The molecule has 11 rings (SSSR count). The van der Waals surface area contributed by atoms with Gasteiger partial charge in [-0.25, -0.2) is 9.36 Å². The van der Waals surface area contributed by atoms with Crippen molar-refractivity contribution in [3.63, 3.8) is 0 Å². The Morgan fingerprint density at radius 2 is 0.753 bits per heavy atom. The Bertz CT molecular complexity index is 2820. The third kappa shape index (κ3) is 17.6. The molecule has 378 valence electrons. The van der Waals surface area contributed by atoms with Gasteiger partial charge in [-0.05, 0) is 89.6 Å². The Morgan fingerprint density at radius 3 is 1.05 bits per heavy atom. The summed E-state index contributed by atoms with van der Waals surface area (Å²) in [5.41, 5.74) is 32.2. The molecule has 0 fully saturated rings. The van der Waals surface area contributed by atoms with Gasteiger partial charge in [-0.15, -0.1) is 10.2 Å². The van der Waals surface area contributed by atoms with Crippen molar-refractivity contribution in [1.82, 2.24) is 30.0 Å². The molecule has 0 bridgehead atoms. The maximum absolute atomic E-state index is 7.52. The molecule has 2 radical (unpaired) electrons. The van der Waals surface area contributed by atoms with E-state index >= 15 is 0 Å². The van der Waals surface area contributed by atoms with E-state index in [4.69, 9.17) is 11.2 Å². The van der Waals surface area contributed by atoms with Crippen molar-refractivity contribution in [2.24, 2.45) is 19.2 Å². The van der Waals surface area contributed by atoms with Crippen molar-refractivity contribution in [3.8, 4) is 56.9 Å². The summed E-state index contributed by atoms with van der Waals surface area (Å²) in [4.78, 5) is 2.48. The van der Waals surface area contributed by atoms with E-state index < -0.39 is 0 Å². The topological polar surface area (TPSA) is 110 Å². The summed E-state index contributed by atoms with van der Waals surface area (Å²) in [7, 11) is 3.93. The van der Waals surface area contributed by atoms with Crippen LogP contribution >= 0.6 is 18.6 Å². The van der Waals surface area contributed by atoms with Gasteiger partial charge in [0.25, 0.3) is 0 Å². The number of rotatable bonds is 1. The van der Waals surface area contributed by atoms with Crippen LogP contribution < -0.4 is 17.0 Å². The molecule has 0 unspecified atom stereocenters. The molecule has 0 spiro atoms. The maximum atomic E-state index is 7.52. The zero-order valence-electron chi connectivity index (χ0n) is 44.3. The molecule has 2 heterocycles. The van der Waals surface area contributed by atoms with Crippen LogP contribution in [-0.4, -0.2) is 42.2 Å². The van der Waals surface area contributed by atoms with E-state index in [1.165, 1.54) is 86.0 Å². The number of fused-ring (bicyclic) bond motifs is 12. The number of aryl methyl sites for hydroxylation is 8. The molecule has 0 saturated carbocycles. The minimum atomic E-state index is 0.0600. The van der Waals surface area contributed by atoms with Gasteiger partial charge in [0.1, 0.15) is 11.4 Å². The summed E-state index contributed by atoms with van der Waals surface area (Å²) >= 11 is 2.24. The van der Waals surface area contributed by atoms with Gasteiger partial charge in [0.15, 0.2) is 0 Å². The fourth-order valence-electron chi connectivity index (χ4n) is 8.28. The van der Waals surface area contributed by atoms with Crippen molar-refractivity contribution in [3.05, 3.63) is 201 Å². The molecular formula is C61H71BI2N9-. The van der Waals surface area contributed by atoms with E-state index in [9.17, 15) is 0 Å². The molecule has 0 aliphatic heterocycles. The van der Waals surface area contributed by atoms with E-state index in [1.807, 2.05) is 23.5 Å². The second-order valence-electron chi connectivity index (χ2n) is 17.3. The number of nitrogens with zero attached hydrogens (tertiary/aromatic N) is 9. The van der Waals surface area contributed by atoms with Gasteiger partial charge in [-0.1, -0.05) is 229 Å². The molecule has 73 heavy (non-hydrogen) atoms. The third-order valence-corrected chi connectivity index (χ3v) is 11.3. The number of hydrogen-bond donors (Lipinski definition) is 0. The quantitative estimate of drug-likeness (QED) is 0.0407. The van der Waals surface area contributed by atoms with Gasteiger partial charge in [0.2, 0.25) is 0 Å². The number of halogens is 2. The van der Waals surface area contributed by atoms with Gasteiger partial charge in [-0.2, -0.15) is 0 Å². The van der Waals surface area contributed by atoms with Crippen molar-refractivity contribution < 1.29 is 17.0 Å². The van der Waals surface area contributed by atoms with Crippen molar-refractivity contribution in [1.29, 1.82) is 0 Å².